The van der Waals surface area contributed by atoms with Gasteiger partial charge in [-0.3, -0.25) is 10.1 Å². The molecule has 1 aromatic heterocycles. The number of nitrogens with one attached hydrogen (secondary N) is 4. The molecule has 10 nitrogen and oxygen atoms in total. The molecule has 33 heavy (non-hydrogen) atoms. The fraction of sp³-hybridized carbons (Fsp3) is 0.130. The fourth-order valence-electron chi connectivity index (χ4n) is 2.64. The van der Waals surface area contributed by atoms with Gasteiger partial charge in [0.1, 0.15) is 18.2 Å². The molecule has 1 heterocycles. The number of anilines is 5. The maximum Gasteiger partial charge on any atom is 0.324 e. The Labute approximate surface area is 191 Å². The summed E-state index contributed by atoms with van der Waals surface area (Å²) in [6.45, 7) is 4.39. The molecule has 3 amide bonds. The third-order valence-electron chi connectivity index (χ3n) is 4.14. The summed E-state index contributed by atoms with van der Waals surface area (Å²) in [5, 5.41) is 11.0. The lowest BCUT2D eigenvalue weighted by atomic mass is 10.2. The van der Waals surface area contributed by atoms with Crippen molar-refractivity contribution >= 4 is 40.8 Å². The SMILES string of the molecule is C=CC(=O)Nc1cccc(NC(=O)Nc2ccnc(Nc3ccc(OCCOC)cc3)n2)c1. The van der Waals surface area contributed by atoms with Gasteiger partial charge in [-0.05, 0) is 54.6 Å². The van der Waals surface area contributed by atoms with Gasteiger partial charge >= 0.3 is 6.03 Å². The number of aromatic nitrogens is 2. The second-order valence-electron chi connectivity index (χ2n) is 6.61. The summed E-state index contributed by atoms with van der Waals surface area (Å²) in [6, 6.07) is 15.1. The van der Waals surface area contributed by atoms with Crippen molar-refractivity contribution in [3.63, 3.8) is 0 Å². The van der Waals surface area contributed by atoms with E-state index in [0.29, 0.717) is 36.4 Å². The Balaban J connectivity index is 1.56. The van der Waals surface area contributed by atoms with Crippen LogP contribution in [-0.2, 0) is 9.53 Å². The number of benzene rings is 2. The van der Waals surface area contributed by atoms with Gasteiger partial charge in [0, 0.05) is 30.4 Å². The Morgan fingerprint density at radius 1 is 0.970 bits per heavy atom. The van der Waals surface area contributed by atoms with E-state index in [-0.39, 0.29) is 5.91 Å². The quantitative estimate of drug-likeness (QED) is 0.273. The number of rotatable bonds is 10. The summed E-state index contributed by atoms with van der Waals surface area (Å²) in [6.07, 6.45) is 2.69. The van der Waals surface area contributed by atoms with E-state index in [2.05, 4.69) is 37.8 Å². The van der Waals surface area contributed by atoms with Crippen LogP contribution in [0, 0.1) is 0 Å². The van der Waals surface area contributed by atoms with Gasteiger partial charge in [0.15, 0.2) is 0 Å². The van der Waals surface area contributed by atoms with Crippen LogP contribution in [0.4, 0.5) is 33.6 Å². The Kier molecular flexibility index (Phi) is 8.32. The minimum Gasteiger partial charge on any atom is -0.491 e. The molecule has 3 rings (SSSR count). The molecule has 170 valence electrons. The molecule has 0 aliphatic rings. The molecular weight excluding hydrogens is 424 g/mol. The number of nitrogens with zero attached hydrogens (tertiary/aromatic N) is 2. The first-order valence-corrected chi connectivity index (χ1v) is 9.99. The average molecular weight is 448 g/mol. The molecule has 0 aliphatic carbocycles. The predicted molar refractivity (Wildman–Crippen MR) is 127 cm³/mol. The second kappa shape index (κ2) is 11.8. The first-order chi connectivity index (χ1) is 16.1. The van der Waals surface area contributed by atoms with Crippen LogP contribution >= 0.6 is 0 Å². The maximum atomic E-state index is 12.4. The third kappa shape index (κ3) is 7.64. The third-order valence-corrected chi connectivity index (χ3v) is 4.14. The lowest BCUT2D eigenvalue weighted by molar-refractivity contribution is -0.111. The summed E-state index contributed by atoms with van der Waals surface area (Å²) >= 11 is 0. The summed E-state index contributed by atoms with van der Waals surface area (Å²) in [7, 11) is 1.62. The smallest absolute Gasteiger partial charge is 0.324 e. The summed E-state index contributed by atoms with van der Waals surface area (Å²) in [4.78, 5) is 32.2. The largest absolute Gasteiger partial charge is 0.491 e. The van der Waals surface area contributed by atoms with Crippen molar-refractivity contribution in [1.29, 1.82) is 0 Å². The van der Waals surface area contributed by atoms with Crippen LogP contribution in [0.5, 0.6) is 5.75 Å². The summed E-state index contributed by atoms with van der Waals surface area (Å²) in [5.74, 6) is 1.00. The first kappa shape index (κ1) is 23.2. The van der Waals surface area contributed by atoms with Crippen LogP contribution in [0.1, 0.15) is 0 Å². The van der Waals surface area contributed by atoms with Crippen molar-refractivity contribution in [2.45, 2.75) is 0 Å². The van der Waals surface area contributed by atoms with E-state index in [1.807, 2.05) is 24.3 Å². The van der Waals surface area contributed by atoms with E-state index in [9.17, 15) is 9.59 Å². The van der Waals surface area contributed by atoms with Gasteiger partial charge in [0.25, 0.3) is 0 Å². The van der Waals surface area contributed by atoms with Gasteiger partial charge < -0.3 is 25.4 Å². The van der Waals surface area contributed by atoms with E-state index < -0.39 is 6.03 Å². The predicted octanol–water partition coefficient (Wildman–Crippen LogP) is 4.01. The number of hydrogen-bond donors (Lipinski definition) is 4. The highest BCUT2D eigenvalue weighted by atomic mass is 16.5. The van der Waals surface area contributed by atoms with E-state index in [4.69, 9.17) is 9.47 Å². The van der Waals surface area contributed by atoms with Crippen molar-refractivity contribution in [2.24, 2.45) is 0 Å². The van der Waals surface area contributed by atoms with Crippen molar-refractivity contribution in [3.05, 3.63) is 73.4 Å². The Morgan fingerprint density at radius 3 is 2.45 bits per heavy atom. The molecule has 3 aromatic rings. The molecule has 0 saturated carbocycles. The molecule has 0 bridgehead atoms. The van der Waals surface area contributed by atoms with Crippen LogP contribution in [0.3, 0.4) is 0 Å². The maximum absolute atomic E-state index is 12.4. The topological polar surface area (TPSA) is 127 Å². The molecule has 0 aliphatic heterocycles. The van der Waals surface area contributed by atoms with Gasteiger partial charge in [-0.25, -0.2) is 9.78 Å². The van der Waals surface area contributed by atoms with E-state index in [0.717, 1.165) is 11.4 Å². The van der Waals surface area contributed by atoms with Crippen molar-refractivity contribution in [1.82, 2.24) is 9.97 Å². The normalized spacial score (nSPS) is 10.1. The van der Waals surface area contributed by atoms with Gasteiger partial charge in [-0.2, -0.15) is 4.98 Å². The number of hydrogen-bond acceptors (Lipinski definition) is 7. The molecule has 0 saturated heterocycles. The van der Waals surface area contributed by atoms with Crippen LogP contribution in [0.15, 0.2) is 73.4 Å². The second-order valence-corrected chi connectivity index (χ2v) is 6.61. The lowest BCUT2D eigenvalue weighted by Crippen LogP contribution is -2.20. The number of amides is 3. The zero-order chi connectivity index (χ0) is 23.5. The highest BCUT2D eigenvalue weighted by Gasteiger charge is 2.07. The standard InChI is InChI=1S/C23H24N6O4/c1-3-21(30)25-17-5-4-6-18(15-17)27-23(31)29-20-11-12-24-22(28-20)26-16-7-9-19(10-8-16)33-14-13-32-2/h3-12,15H,1,13-14H2,2H3,(H,25,30)(H3,24,26,27,28,29,31). The van der Waals surface area contributed by atoms with Gasteiger partial charge in [0.2, 0.25) is 11.9 Å². The highest BCUT2D eigenvalue weighted by Crippen LogP contribution is 2.19. The van der Waals surface area contributed by atoms with Crippen LogP contribution < -0.4 is 26.0 Å². The van der Waals surface area contributed by atoms with Crippen LogP contribution in [0.2, 0.25) is 0 Å². The molecule has 4 N–H and O–H groups in total. The minimum atomic E-state index is -0.496. The monoisotopic (exact) mass is 448 g/mol. The van der Waals surface area contributed by atoms with Crippen LogP contribution in [-0.4, -0.2) is 42.2 Å². The Hall–Kier alpha value is -4.44. The van der Waals surface area contributed by atoms with E-state index in [1.54, 1.807) is 37.4 Å². The number of urea groups is 1. The molecule has 10 heteroatoms. The van der Waals surface area contributed by atoms with Gasteiger partial charge in [0.05, 0.1) is 6.61 Å². The molecule has 0 atom stereocenters. The Bertz CT molecular complexity index is 1100. The van der Waals surface area contributed by atoms with Crippen molar-refractivity contribution in [3.8, 4) is 5.75 Å². The number of carbonyl (C=O) groups is 2. The Morgan fingerprint density at radius 2 is 1.73 bits per heavy atom. The van der Waals surface area contributed by atoms with Crippen LogP contribution in [0.25, 0.3) is 0 Å². The summed E-state index contributed by atoms with van der Waals surface area (Å²) < 4.78 is 10.5. The van der Waals surface area contributed by atoms with E-state index >= 15 is 0 Å². The number of methoxy groups -OCH3 is 1. The molecule has 0 spiro atoms. The molecule has 2 aromatic carbocycles. The first-order valence-electron chi connectivity index (χ1n) is 9.99. The number of carbonyl (C=O) groups excluding carboxylic acids is 2. The zero-order valence-electron chi connectivity index (χ0n) is 18.0. The average Bonchev–Trinajstić information content (AvgIpc) is 2.80. The van der Waals surface area contributed by atoms with E-state index in [1.165, 1.54) is 12.3 Å². The molecule has 0 radical (unpaired) electrons. The molecule has 0 fully saturated rings. The summed E-state index contributed by atoms with van der Waals surface area (Å²) in [5.41, 5.74) is 1.78. The van der Waals surface area contributed by atoms with Gasteiger partial charge in [-0.1, -0.05) is 12.6 Å². The fourth-order valence-corrected chi connectivity index (χ4v) is 2.64. The number of ether oxygens (including phenoxy) is 2. The van der Waals surface area contributed by atoms with Crippen molar-refractivity contribution in [2.75, 3.05) is 41.6 Å². The zero-order valence-corrected chi connectivity index (χ0v) is 18.0. The highest BCUT2D eigenvalue weighted by molar-refractivity contribution is 6.01. The van der Waals surface area contributed by atoms with Gasteiger partial charge in [-0.15, -0.1) is 0 Å². The molecular formula is C23H24N6O4. The lowest BCUT2D eigenvalue weighted by Gasteiger charge is -2.10. The minimum absolute atomic E-state index is 0.306. The molecule has 0 unspecified atom stereocenters. The van der Waals surface area contributed by atoms with Crippen molar-refractivity contribution < 1.29 is 19.1 Å².